The Morgan fingerprint density at radius 1 is 0.900 bits per heavy atom. The molecular formula is C29H27Cl4NO6. The summed E-state index contributed by atoms with van der Waals surface area (Å²) in [6.45, 7) is 0.565. The van der Waals surface area contributed by atoms with Crippen molar-refractivity contribution < 1.29 is 23.9 Å². The lowest BCUT2D eigenvalue weighted by atomic mass is 9.92. The number of carbonyl (C=O) groups excluding carboxylic acids is 1. The van der Waals surface area contributed by atoms with Crippen LogP contribution in [0.5, 0.6) is 17.2 Å². The van der Waals surface area contributed by atoms with E-state index in [0.29, 0.717) is 58.9 Å². The van der Waals surface area contributed by atoms with Gasteiger partial charge in [-0.25, -0.2) is 0 Å². The summed E-state index contributed by atoms with van der Waals surface area (Å²) < 4.78 is 17.0. The summed E-state index contributed by atoms with van der Waals surface area (Å²) in [6.07, 6.45) is 2.59. The zero-order valence-corrected chi connectivity index (χ0v) is 24.4. The van der Waals surface area contributed by atoms with E-state index in [-0.39, 0.29) is 34.8 Å². The summed E-state index contributed by atoms with van der Waals surface area (Å²) in [5.41, 5.74) is 1.45. The highest BCUT2D eigenvalue weighted by molar-refractivity contribution is 6.55. The number of Topliss-reactive ketones (excluding diaryl/α,β-unsaturated/α-hetero) is 1. The molecular weight excluding hydrogens is 600 g/mol. The monoisotopic (exact) mass is 625 g/mol. The van der Waals surface area contributed by atoms with Crippen LogP contribution in [0.4, 0.5) is 0 Å². The third kappa shape index (κ3) is 10.9. The molecule has 0 N–H and O–H groups in total. The third-order valence-corrected chi connectivity index (χ3v) is 6.56. The number of nitrogens with zero attached hydrogens (tertiary/aromatic N) is 1. The van der Waals surface area contributed by atoms with Crippen LogP contribution in [-0.2, 0) is 6.42 Å². The minimum atomic E-state index is -0.390. The van der Waals surface area contributed by atoms with E-state index in [2.05, 4.69) is 0 Å². The molecule has 0 saturated heterocycles. The molecule has 0 aliphatic carbocycles. The molecule has 3 aromatic carbocycles. The fraction of sp³-hybridized carbons (Fsp3) is 0.276. The molecule has 0 bridgehead atoms. The quantitative estimate of drug-likeness (QED) is 0.0688. The highest BCUT2D eigenvalue weighted by Gasteiger charge is 2.21. The van der Waals surface area contributed by atoms with Crippen molar-refractivity contribution in [2.45, 2.75) is 19.3 Å². The van der Waals surface area contributed by atoms with Crippen molar-refractivity contribution >= 4 is 52.2 Å². The van der Waals surface area contributed by atoms with Crippen LogP contribution >= 0.6 is 46.4 Å². The standard InChI is InChI=1S/C29H27Cl4NO6/c30-25-17-24(39-14-11-28(32)33)18-26(31)29(25)40-13-4-12-38-23-9-7-22(8-10-23)27(35)16-21(19-34(36)37)15-20-5-2-1-3-6-20/h1-3,5-11,17-18,21H,4,12-16,19H2. The molecule has 1 unspecified atom stereocenters. The van der Waals surface area contributed by atoms with Crippen molar-refractivity contribution in [3.8, 4) is 17.2 Å². The van der Waals surface area contributed by atoms with E-state index in [0.717, 1.165) is 5.56 Å². The van der Waals surface area contributed by atoms with E-state index < -0.39 is 5.92 Å². The third-order valence-electron chi connectivity index (χ3n) is 5.69. The Morgan fingerprint density at radius 3 is 2.17 bits per heavy atom. The van der Waals surface area contributed by atoms with E-state index in [9.17, 15) is 14.9 Å². The van der Waals surface area contributed by atoms with Crippen molar-refractivity contribution in [1.82, 2.24) is 0 Å². The molecule has 0 saturated carbocycles. The molecule has 3 aromatic rings. The second-order valence-corrected chi connectivity index (χ2v) is 10.6. The fourth-order valence-electron chi connectivity index (χ4n) is 3.86. The fourth-order valence-corrected chi connectivity index (χ4v) is 4.56. The van der Waals surface area contributed by atoms with Crippen LogP contribution in [0.15, 0.2) is 77.3 Å². The summed E-state index contributed by atoms with van der Waals surface area (Å²) >= 11 is 23.7. The van der Waals surface area contributed by atoms with Crippen molar-refractivity contribution in [3.05, 3.63) is 109 Å². The zero-order valence-electron chi connectivity index (χ0n) is 21.4. The van der Waals surface area contributed by atoms with Gasteiger partial charge in [-0.3, -0.25) is 14.9 Å². The maximum atomic E-state index is 12.8. The Kier molecular flexibility index (Phi) is 12.9. The van der Waals surface area contributed by atoms with Crippen LogP contribution < -0.4 is 14.2 Å². The lowest BCUT2D eigenvalue weighted by Gasteiger charge is -2.13. The van der Waals surface area contributed by atoms with Crippen LogP contribution in [0.3, 0.4) is 0 Å². The molecule has 0 radical (unpaired) electrons. The van der Waals surface area contributed by atoms with E-state index >= 15 is 0 Å². The summed E-state index contributed by atoms with van der Waals surface area (Å²) in [7, 11) is 0. The van der Waals surface area contributed by atoms with Crippen LogP contribution in [0.2, 0.25) is 10.0 Å². The molecule has 0 spiro atoms. The van der Waals surface area contributed by atoms with Crippen LogP contribution in [-0.4, -0.2) is 37.1 Å². The number of carbonyl (C=O) groups is 1. The number of rotatable bonds is 16. The number of halogens is 4. The predicted molar refractivity (Wildman–Crippen MR) is 158 cm³/mol. The Labute approximate surface area is 252 Å². The maximum absolute atomic E-state index is 12.8. The molecule has 212 valence electrons. The van der Waals surface area contributed by atoms with Gasteiger partial charge in [0.2, 0.25) is 6.54 Å². The first kappa shape index (κ1) is 31.6. The molecule has 0 aromatic heterocycles. The number of ketones is 1. The molecule has 11 heteroatoms. The van der Waals surface area contributed by atoms with Gasteiger partial charge in [-0.1, -0.05) is 76.7 Å². The van der Waals surface area contributed by atoms with Gasteiger partial charge in [-0.05, 0) is 42.3 Å². The molecule has 7 nitrogen and oxygen atoms in total. The Morgan fingerprint density at radius 2 is 1.55 bits per heavy atom. The van der Waals surface area contributed by atoms with Crippen LogP contribution in [0.1, 0.15) is 28.8 Å². The molecule has 0 amide bonds. The number of nitro groups is 1. The first-order chi connectivity index (χ1) is 19.2. The van der Waals surface area contributed by atoms with Gasteiger partial charge in [0.05, 0.1) is 23.3 Å². The summed E-state index contributed by atoms with van der Waals surface area (Å²) in [5, 5.41) is 11.7. The van der Waals surface area contributed by atoms with Gasteiger partial charge in [0, 0.05) is 41.4 Å². The maximum Gasteiger partial charge on any atom is 0.207 e. The Balaban J connectivity index is 1.44. The predicted octanol–water partition coefficient (Wildman–Crippen LogP) is 8.25. The average Bonchev–Trinajstić information content (AvgIpc) is 2.90. The van der Waals surface area contributed by atoms with Gasteiger partial charge >= 0.3 is 0 Å². The molecule has 0 aliphatic heterocycles. The first-order valence-corrected chi connectivity index (χ1v) is 13.9. The molecule has 1 atom stereocenters. The molecule has 0 aliphatic rings. The van der Waals surface area contributed by atoms with Gasteiger partial charge in [0.25, 0.3) is 0 Å². The highest BCUT2D eigenvalue weighted by atomic mass is 35.5. The zero-order chi connectivity index (χ0) is 28.9. The minimum Gasteiger partial charge on any atom is -0.493 e. The normalized spacial score (nSPS) is 11.4. The van der Waals surface area contributed by atoms with E-state index in [4.69, 9.17) is 60.6 Å². The second-order valence-electron chi connectivity index (χ2n) is 8.79. The number of benzene rings is 3. The van der Waals surface area contributed by atoms with Crippen molar-refractivity contribution in [2.24, 2.45) is 5.92 Å². The van der Waals surface area contributed by atoms with E-state index in [1.807, 2.05) is 30.3 Å². The summed E-state index contributed by atoms with van der Waals surface area (Å²) in [5.74, 6) is 0.840. The lowest BCUT2D eigenvalue weighted by Crippen LogP contribution is -2.20. The number of ether oxygens (including phenoxy) is 3. The van der Waals surface area contributed by atoms with Gasteiger partial charge < -0.3 is 14.2 Å². The summed E-state index contributed by atoms with van der Waals surface area (Å²) in [6, 6.07) is 19.4. The largest absolute Gasteiger partial charge is 0.493 e. The smallest absolute Gasteiger partial charge is 0.207 e. The topological polar surface area (TPSA) is 87.9 Å². The van der Waals surface area contributed by atoms with Crippen molar-refractivity contribution in [2.75, 3.05) is 26.4 Å². The van der Waals surface area contributed by atoms with Crippen molar-refractivity contribution in [3.63, 3.8) is 0 Å². The van der Waals surface area contributed by atoms with Crippen LogP contribution in [0.25, 0.3) is 0 Å². The van der Waals surface area contributed by atoms with Gasteiger partial charge in [-0.15, -0.1) is 0 Å². The first-order valence-electron chi connectivity index (χ1n) is 12.4. The average molecular weight is 627 g/mol. The van der Waals surface area contributed by atoms with Gasteiger partial charge in [-0.2, -0.15) is 0 Å². The Bertz CT molecular complexity index is 1270. The number of hydrogen-bond acceptors (Lipinski definition) is 6. The number of hydrogen-bond donors (Lipinski definition) is 0. The van der Waals surface area contributed by atoms with Crippen LogP contribution in [0, 0.1) is 16.0 Å². The van der Waals surface area contributed by atoms with E-state index in [1.54, 1.807) is 36.4 Å². The SMILES string of the molecule is O=C(CC(Cc1ccccc1)C[N+](=O)[O-])c1ccc(OCCCOc2c(Cl)cc(OCC=C(Cl)Cl)cc2Cl)cc1. The van der Waals surface area contributed by atoms with Gasteiger partial charge in [0.15, 0.2) is 11.5 Å². The highest BCUT2D eigenvalue weighted by Crippen LogP contribution is 2.37. The minimum absolute atomic E-state index is 0.0878. The molecule has 40 heavy (non-hydrogen) atoms. The Hall–Kier alpha value is -2.97. The summed E-state index contributed by atoms with van der Waals surface area (Å²) in [4.78, 5) is 23.6. The molecule has 3 rings (SSSR count). The molecule has 0 heterocycles. The molecule has 0 fully saturated rings. The van der Waals surface area contributed by atoms with Crippen molar-refractivity contribution in [1.29, 1.82) is 0 Å². The lowest BCUT2D eigenvalue weighted by molar-refractivity contribution is -0.487. The van der Waals surface area contributed by atoms with E-state index in [1.165, 1.54) is 6.08 Å². The second kappa shape index (κ2) is 16.3. The van der Waals surface area contributed by atoms with Gasteiger partial charge in [0.1, 0.15) is 22.6 Å².